The highest BCUT2D eigenvalue weighted by molar-refractivity contribution is 4.55. The van der Waals surface area contributed by atoms with Gasteiger partial charge in [0.1, 0.15) is 0 Å². The molecule has 0 fully saturated rings. The fourth-order valence-electron chi connectivity index (χ4n) is 0.537. The molecule has 0 amide bonds. The summed E-state index contributed by atoms with van der Waals surface area (Å²) in [6, 6.07) is 0. The van der Waals surface area contributed by atoms with E-state index in [0.717, 1.165) is 0 Å². The Morgan fingerprint density at radius 1 is 1.50 bits per heavy atom. The molecule has 0 aliphatic rings. The number of hydrogen-bond acceptors (Lipinski definition) is 1. The summed E-state index contributed by atoms with van der Waals surface area (Å²) in [5.41, 5.74) is 0. The van der Waals surface area contributed by atoms with Crippen LogP contribution in [0.2, 0.25) is 0 Å². The van der Waals surface area contributed by atoms with Crippen LogP contribution in [0.5, 0.6) is 0 Å². The molecule has 0 N–H and O–H groups in total. The van der Waals surface area contributed by atoms with Crippen molar-refractivity contribution in [2.75, 3.05) is 13.6 Å². The zero-order chi connectivity index (χ0) is 6.41. The molecule has 1 radical (unpaired) electrons. The Balaban J connectivity index is 2.86. The summed E-state index contributed by atoms with van der Waals surface area (Å²) in [5.74, 6) is 0. The molecule has 0 aromatic rings. The average molecular weight is 114 g/mol. The van der Waals surface area contributed by atoms with Crippen LogP contribution in [0.1, 0.15) is 26.7 Å². The lowest BCUT2D eigenvalue weighted by molar-refractivity contribution is 0.399. The van der Waals surface area contributed by atoms with E-state index in [-0.39, 0.29) is 0 Å². The van der Waals surface area contributed by atoms with Crippen LogP contribution < -0.4 is 0 Å². The first-order valence-electron chi connectivity index (χ1n) is 3.31. The Morgan fingerprint density at radius 2 is 2.12 bits per heavy atom. The van der Waals surface area contributed by atoms with Crippen molar-refractivity contribution in [3.8, 4) is 0 Å². The van der Waals surface area contributed by atoms with Gasteiger partial charge in [0, 0.05) is 6.54 Å². The van der Waals surface area contributed by atoms with Crippen molar-refractivity contribution in [2.24, 2.45) is 0 Å². The summed E-state index contributed by atoms with van der Waals surface area (Å²) in [5, 5.41) is 0. The van der Waals surface area contributed by atoms with Gasteiger partial charge in [-0.05, 0) is 26.9 Å². The highest BCUT2D eigenvalue weighted by atomic mass is 15.1. The van der Waals surface area contributed by atoms with Crippen molar-refractivity contribution in [1.29, 1.82) is 0 Å². The third kappa shape index (κ3) is 4.13. The Bertz CT molecular complexity index is 43.7. The van der Waals surface area contributed by atoms with Gasteiger partial charge < -0.3 is 4.90 Å². The SMILES string of the molecule is C[CH]N(C)CCCC. The van der Waals surface area contributed by atoms with Crippen molar-refractivity contribution in [3.63, 3.8) is 0 Å². The molecule has 1 heteroatoms. The predicted octanol–water partition coefficient (Wildman–Crippen LogP) is 1.90. The van der Waals surface area contributed by atoms with Crippen LogP contribution in [-0.4, -0.2) is 18.5 Å². The summed E-state index contributed by atoms with van der Waals surface area (Å²) >= 11 is 0. The van der Waals surface area contributed by atoms with E-state index in [1.807, 2.05) is 0 Å². The first kappa shape index (κ1) is 7.96. The number of nitrogens with zero attached hydrogens (tertiary/aromatic N) is 1. The van der Waals surface area contributed by atoms with Crippen molar-refractivity contribution in [1.82, 2.24) is 4.90 Å². The zero-order valence-electron chi connectivity index (χ0n) is 6.15. The van der Waals surface area contributed by atoms with E-state index in [1.54, 1.807) is 0 Å². The van der Waals surface area contributed by atoms with Gasteiger partial charge in [0.25, 0.3) is 0 Å². The van der Waals surface area contributed by atoms with Crippen LogP contribution in [0.15, 0.2) is 0 Å². The molecule has 0 bridgehead atoms. The van der Waals surface area contributed by atoms with Crippen LogP contribution in [0.4, 0.5) is 0 Å². The predicted molar refractivity (Wildman–Crippen MR) is 37.5 cm³/mol. The zero-order valence-corrected chi connectivity index (χ0v) is 6.15. The van der Waals surface area contributed by atoms with Gasteiger partial charge in [-0.3, -0.25) is 0 Å². The first-order valence-corrected chi connectivity index (χ1v) is 3.31. The number of unbranched alkanes of at least 4 members (excludes halogenated alkanes) is 1. The molecule has 0 atom stereocenters. The van der Waals surface area contributed by atoms with Crippen molar-refractivity contribution in [2.45, 2.75) is 26.7 Å². The second-order valence-corrected chi connectivity index (χ2v) is 2.09. The lowest BCUT2D eigenvalue weighted by atomic mass is 10.3. The summed E-state index contributed by atoms with van der Waals surface area (Å²) in [4.78, 5) is 2.21. The summed E-state index contributed by atoms with van der Waals surface area (Å²) < 4.78 is 0. The summed E-state index contributed by atoms with van der Waals surface area (Å²) in [7, 11) is 2.11. The minimum atomic E-state index is 1.20. The number of rotatable bonds is 4. The van der Waals surface area contributed by atoms with Gasteiger partial charge in [-0.1, -0.05) is 13.3 Å². The largest absolute Gasteiger partial charge is 0.302 e. The van der Waals surface area contributed by atoms with Crippen molar-refractivity contribution in [3.05, 3.63) is 6.54 Å². The molecule has 0 spiro atoms. The Kier molecular flexibility index (Phi) is 5.08. The van der Waals surface area contributed by atoms with Gasteiger partial charge in [0.15, 0.2) is 0 Å². The van der Waals surface area contributed by atoms with E-state index in [1.165, 1.54) is 19.4 Å². The maximum atomic E-state index is 2.21. The fourth-order valence-corrected chi connectivity index (χ4v) is 0.537. The van der Waals surface area contributed by atoms with E-state index < -0.39 is 0 Å². The van der Waals surface area contributed by atoms with Gasteiger partial charge in [0.05, 0.1) is 0 Å². The molecule has 0 aliphatic carbocycles. The lowest BCUT2D eigenvalue weighted by Gasteiger charge is -2.10. The van der Waals surface area contributed by atoms with Crippen LogP contribution in [-0.2, 0) is 0 Å². The summed E-state index contributed by atoms with van der Waals surface area (Å²) in [6.07, 6.45) is 2.60. The highest BCUT2D eigenvalue weighted by Gasteiger charge is 1.89. The molecule has 0 rings (SSSR count). The third-order valence-corrected chi connectivity index (χ3v) is 1.31. The second kappa shape index (κ2) is 5.10. The van der Waals surface area contributed by atoms with Gasteiger partial charge in [-0.2, -0.15) is 0 Å². The fraction of sp³-hybridized carbons (Fsp3) is 0.857. The smallest absolute Gasteiger partial charge is 0.0217 e. The van der Waals surface area contributed by atoms with Crippen molar-refractivity contribution >= 4 is 0 Å². The first-order chi connectivity index (χ1) is 3.81. The van der Waals surface area contributed by atoms with E-state index in [2.05, 4.69) is 32.3 Å². The molecule has 0 aromatic heterocycles. The standard InChI is InChI=1S/C7H16N/c1-4-6-7-8(3)5-2/h5H,4,6-7H2,1-3H3. The number of hydrogen-bond donors (Lipinski definition) is 0. The van der Waals surface area contributed by atoms with Crippen LogP contribution in [0.25, 0.3) is 0 Å². The van der Waals surface area contributed by atoms with Crippen LogP contribution in [0.3, 0.4) is 0 Å². The van der Waals surface area contributed by atoms with Gasteiger partial charge in [0.2, 0.25) is 0 Å². The average Bonchev–Trinajstić information content (AvgIpc) is 1.83. The molecule has 49 valence electrons. The third-order valence-electron chi connectivity index (χ3n) is 1.31. The van der Waals surface area contributed by atoms with E-state index in [0.29, 0.717) is 0 Å². The quantitative estimate of drug-likeness (QED) is 0.539. The Hall–Kier alpha value is -0.0400. The van der Waals surface area contributed by atoms with E-state index in [9.17, 15) is 0 Å². The molecule has 0 heterocycles. The van der Waals surface area contributed by atoms with Gasteiger partial charge >= 0.3 is 0 Å². The molecular formula is C7H16N. The highest BCUT2D eigenvalue weighted by Crippen LogP contribution is 1.91. The molecule has 0 aromatic carbocycles. The second-order valence-electron chi connectivity index (χ2n) is 2.09. The lowest BCUT2D eigenvalue weighted by Crippen LogP contribution is -2.13. The Morgan fingerprint density at radius 3 is 2.50 bits per heavy atom. The maximum absolute atomic E-state index is 2.21. The molecule has 0 aliphatic heterocycles. The topological polar surface area (TPSA) is 3.24 Å². The van der Waals surface area contributed by atoms with Gasteiger partial charge in [-0.15, -0.1) is 0 Å². The van der Waals surface area contributed by atoms with Crippen LogP contribution in [0, 0.1) is 6.54 Å². The molecule has 1 nitrogen and oxygen atoms in total. The monoisotopic (exact) mass is 114 g/mol. The Labute approximate surface area is 52.7 Å². The molecule has 0 saturated heterocycles. The minimum absolute atomic E-state index is 1.20. The molecule has 0 unspecified atom stereocenters. The van der Waals surface area contributed by atoms with Crippen LogP contribution >= 0.6 is 0 Å². The molecular weight excluding hydrogens is 98.1 g/mol. The van der Waals surface area contributed by atoms with E-state index in [4.69, 9.17) is 0 Å². The summed E-state index contributed by atoms with van der Waals surface area (Å²) in [6.45, 7) is 7.59. The molecule has 0 saturated carbocycles. The van der Waals surface area contributed by atoms with Crippen molar-refractivity contribution < 1.29 is 0 Å². The van der Waals surface area contributed by atoms with Gasteiger partial charge in [-0.25, -0.2) is 0 Å². The maximum Gasteiger partial charge on any atom is 0.0217 e. The minimum Gasteiger partial charge on any atom is -0.302 e. The molecule has 8 heavy (non-hydrogen) atoms. The van der Waals surface area contributed by atoms with E-state index >= 15 is 0 Å². The normalized spacial score (nSPS) is 10.5.